The number of thioether (sulfide) groups is 1. The Labute approximate surface area is 155 Å². The minimum absolute atomic E-state index is 0.327. The second kappa shape index (κ2) is 7.53. The van der Waals surface area contributed by atoms with Crippen molar-refractivity contribution in [3.8, 4) is 17.2 Å². The van der Waals surface area contributed by atoms with Gasteiger partial charge in [-0.15, -0.1) is 0 Å². The van der Waals surface area contributed by atoms with Gasteiger partial charge < -0.3 is 14.2 Å². The van der Waals surface area contributed by atoms with Crippen molar-refractivity contribution in [3.63, 3.8) is 0 Å². The number of nitrogens with zero attached hydrogens (tertiary/aromatic N) is 1. The van der Waals surface area contributed by atoms with Gasteiger partial charge in [-0.25, -0.2) is 4.90 Å². The highest BCUT2D eigenvalue weighted by molar-refractivity contribution is 8.19. The summed E-state index contributed by atoms with van der Waals surface area (Å²) in [5.41, 5.74) is 1.15. The maximum atomic E-state index is 12.8. The largest absolute Gasteiger partial charge is 0.495 e. The molecule has 0 atom stereocenters. The Morgan fingerprint density at radius 3 is 2.27 bits per heavy atom. The van der Waals surface area contributed by atoms with Gasteiger partial charge in [0, 0.05) is 0 Å². The molecule has 0 N–H and O–H groups in total. The Kier molecular flexibility index (Phi) is 5.18. The van der Waals surface area contributed by atoms with E-state index in [1.165, 1.54) is 14.2 Å². The highest BCUT2D eigenvalue weighted by Crippen LogP contribution is 2.40. The molecule has 0 unspecified atom stereocenters. The average Bonchev–Trinajstić information content (AvgIpc) is 2.94. The first-order chi connectivity index (χ1) is 12.6. The van der Waals surface area contributed by atoms with E-state index >= 15 is 0 Å². The molecule has 0 saturated carbocycles. The number of imide groups is 1. The van der Waals surface area contributed by atoms with Gasteiger partial charge in [0.25, 0.3) is 11.1 Å². The predicted molar refractivity (Wildman–Crippen MR) is 101 cm³/mol. The SMILES string of the molecule is COc1ccc(/C=C2\SC(=O)N(c3ccccc3OC)C2=O)cc1OC. The molecule has 26 heavy (non-hydrogen) atoms. The van der Waals surface area contributed by atoms with E-state index in [-0.39, 0.29) is 11.1 Å². The minimum Gasteiger partial charge on any atom is -0.495 e. The lowest BCUT2D eigenvalue weighted by atomic mass is 10.2. The van der Waals surface area contributed by atoms with Gasteiger partial charge in [-0.3, -0.25) is 9.59 Å². The Balaban J connectivity index is 1.95. The molecule has 6 nitrogen and oxygen atoms in total. The summed E-state index contributed by atoms with van der Waals surface area (Å²) >= 11 is 0.885. The molecule has 1 saturated heterocycles. The highest BCUT2D eigenvalue weighted by Gasteiger charge is 2.37. The maximum Gasteiger partial charge on any atom is 0.298 e. The lowest BCUT2D eigenvalue weighted by molar-refractivity contribution is -0.113. The van der Waals surface area contributed by atoms with Gasteiger partial charge in [-0.05, 0) is 47.7 Å². The van der Waals surface area contributed by atoms with E-state index < -0.39 is 0 Å². The number of benzene rings is 2. The van der Waals surface area contributed by atoms with Crippen LogP contribution in [-0.4, -0.2) is 32.5 Å². The first kappa shape index (κ1) is 17.9. The van der Waals surface area contributed by atoms with E-state index in [2.05, 4.69) is 0 Å². The van der Waals surface area contributed by atoms with E-state index in [0.717, 1.165) is 22.2 Å². The van der Waals surface area contributed by atoms with Crippen molar-refractivity contribution in [2.24, 2.45) is 0 Å². The zero-order valence-electron chi connectivity index (χ0n) is 14.5. The van der Waals surface area contributed by atoms with E-state index in [1.807, 2.05) is 0 Å². The van der Waals surface area contributed by atoms with Crippen molar-refractivity contribution >= 4 is 34.7 Å². The number of hydrogen-bond acceptors (Lipinski definition) is 6. The molecule has 7 heteroatoms. The summed E-state index contributed by atoms with van der Waals surface area (Å²) in [6.07, 6.45) is 1.66. The number of carbonyl (C=O) groups is 2. The molecule has 1 fully saturated rings. The summed E-state index contributed by atoms with van der Waals surface area (Å²) in [6, 6.07) is 12.2. The Hall–Kier alpha value is -2.93. The number of methoxy groups -OCH3 is 3. The van der Waals surface area contributed by atoms with E-state index in [1.54, 1.807) is 55.7 Å². The molecule has 1 aliphatic heterocycles. The predicted octanol–water partition coefficient (Wildman–Crippen LogP) is 3.95. The molecule has 0 bridgehead atoms. The molecule has 0 aliphatic carbocycles. The molecule has 1 aliphatic rings. The van der Waals surface area contributed by atoms with Gasteiger partial charge in [-0.1, -0.05) is 18.2 Å². The number of amides is 2. The van der Waals surface area contributed by atoms with Crippen LogP contribution in [0.5, 0.6) is 17.2 Å². The summed E-state index contributed by atoms with van der Waals surface area (Å²) in [7, 11) is 4.59. The van der Waals surface area contributed by atoms with Crippen molar-refractivity contribution in [3.05, 3.63) is 52.9 Å². The fourth-order valence-corrected chi connectivity index (χ4v) is 3.42. The Bertz CT molecular complexity index is 893. The van der Waals surface area contributed by atoms with Gasteiger partial charge in [0.05, 0.1) is 31.9 Å². The third kappa shape index (κ3) is 3.25. The van der Waals surface area contributed by atoms with Crippen molar-refractivity contribution in [1.82, 2.24) is 0 Å². The van der Waals surface area contributed by atoms with Crippen LogP contribution >= 0.6 is 11.8 Å². The van der Waals surface area contributed by atoms with E-state index in [9.17, 15) is 9.59 Å². The minimum atomic E-state index is -0.390. The number of para-hydroxylation sites is 2. The fraction of sp³-hybridized carbons (Fsp3) is 0.158. The number of ether oxygens (including phenoxy) is 3. The van der Waals surface area contributed by atoms with Crippen LogP contribution in [0.15, 0.2) is 47.4 Å². The van der Waals surface area contributed by atoms with Crippen LogP contribution in [0.4, 0.5) is 10.5 Å². The summed E-state index contributed by atoms with van der Waals surface area (Å²) in [5.74, 6) is 1.21. The van der Waals surface area contributed by atoms with Gasteiger partial charge in [-0.2, -0.15) is 0 Å². The maximum absolute atomic E-state index is 12.8. The molecule has 1 heterocycles. The number of anilines is 1. The third-order valence-corrected chi connectivity index (χ3v) is 4.69. The Morgan fingerprint density at radius 2 is 1.58 bits per heavy atom. The second-order valence-electron chi connectivity index (χ2n) is 5.30. The van der Waals surface area contributed by atoms with E-state index in [4.69, 9.17) is 14.2 Å². The standard InChI is InChI=1S/C19H17NO5S/c1-23-14-7-5-4-6-13(14)20-18(21)17(26-19(20)22)11-12-8-9-15(24-2)16(10-12)25-3/h4-11H,1-3H3/b17-11-. The molecule has 3 rings (SSSR count). The van der Waals surface area contributed by atoms with Crippen LogP contribution in [0, 0.1) is 0 Å². The molecule has 0 spiro atoms. The molecular weight excluding hydrogens is 354 g/mol. The quantitative estimate of drug-likeness (QED) is 0.742. The van der Waals surface area contributed by atoms with Crippen molar-refractivity contribution in [1.29, 1.82) is 0 Å². The second-order valence-corrected chi connectivity index (χ2v) is 6.30. The van der Waals surface area contributed by atoms with Crippen LogP contribution in [0.3, 0.4) is 0 Å². The van der Waals surface area contributed by atoms with E-state index in [0.29, 0.717) is 27.8 Å². The van der Waals surface area contributed by atoms with Gasteiger partial charge in [0.2, 0.25) is 0 Å². The zero-order chi connectivity index (χ0) is 18.7. The average molecular weight is 371 g/mol. The Morgan fingerprint density at radius 1 is 0.885 bits per heavy atom. The lowest BCUT2D eigenvalue weighted by Gasteiger charge is -2.15. The van der Waals surface area contributed by atoms with Gasteiger partial charge >= 0.3 is 0 Å². The molecule has 2 aromatic rings. The first-order valence-corrected chi connectivity index (χ1v) is 8.53. The van der Waals surface area contributed by atoms with Gasteiger partial charge in [0.1, 0.15) is 5.75 Å². The smallest absolute Gasteiger partial charge is 0.298 e. The lowest BCUT2D eigenvalue weighted by Crippen LogP contribution is -2.28. The molecule has 0 aromatic heterocycles. The number of rotatable bonds is 5. The van der Waals surface area contributed by atoms with Gasteiger partial charge in [0.15, 0.2) is 11.5 Å². The topological polar surface area (TPSA) is 65.1 Å². The third-order valence-electron chi connectivity index (χ3n) is 3.83. The van der Waals surface area contributed by atoms with Crippen LogP contribution in [0.25, 0.3) is 6.08 Å². The van der Waals surface area contributed by atoms with Crippen LogP contribution < -0.4 is 19.1 Å². The summed E-state index contributed by atoms with van der Waals surface area (Å²) in [6.45, 7) is 0. The summed E-state index contributed by atoms with van der Waals surface area (Å²) in [5, 5.41) is -0.369. The molecule has 0 radical (unpaired) electrons. The summed E-state index contributed by atoms with van der Waals surface area (Å²) in [4.78, 5) is 26.6. The number of hydrogen-bond donors (Lipinski definition) is 0. The molecular formula is C19H17NO5S. The van der Waals surface area contributed by atoms with Crippen LogP contribution in [0.2, 0.25) is 0 Å². The van der Waals surface area contributed by atoms with Crippen molar-refractivity contribution < 1.29 is 23.8 Å². The molecule has 2 aromatic carbocycles. The van der Waals surface area contributed by atoms with Crippen molar-refractivity contribution in [2.45, 2.75) is 0 Å². The van der Waals surface area contributed by atoms with Crippen molar-refractivity contribution in [2.75, 3.05) is 26.2 Å². The first-order valence-electron chi connectivity index (χ1n) is 7.72. The number of carbonyl (C=O) groups excluding carboxylic acids is 2. The molecule has 134 valence electrons. The summed E-state index contributed by atoms with van der Waals surface area (Å²) < 4.78 is 15.7. The van der Waals surface area contributed by atoms with Crippen LogP contribution in [0.1, 0.15) is 5.56 Å². The zero-order valence-corrected chi connectivity index (χ0v) is 15.3. The highest BCUT2D eigenvalue weighted by atomic mass is 32.2. The fourth-order valence-electron chi connectivity index (χ4n) is 2.58. The van der Waals surface area contributed by atoms with Crippen LogP contribution in [-0.2, 0) is 4.79 Å². The normalized spacial score (nSPS) is 15.5. The molecule has 2 amide bonds. The monoisotopic (exact) mass is 371 g/mol.